The molecule has 0 aliphatic rings. The summed E-state index contributed by atoms with van der Waals surface area (Å²) in [6.07, 6.45) is 3.09. The van der Waals surface area contributed by atoms with E-state index in [0.29, 0.717) is 6.61 Å². The fraction of sp³-hybridized carbons (Fsp3) is 0.750. The molecule has 94 valence electrons. The van der Waals surface area contributed by atoms with Crippen molar-refractivity contribution in [3.05, 3.63) is 12.7 Å². The topological polar surface area (TPSA) is 35.5 Å². The monoisotopic (exact) mass is 244 g/mol. The molecule has 0 saturated heterocycles. The van der Waals surface area contributed by atoms with E-state index in [4.69, 9.17) is 9.16 Å². The van der Waals surface area contributed by atoms with Crippen molar-refractivity contribution in [1.29, 1.82) is 0 Å². The molecule has 16 heavy (non-hydrogen) atoms. The van der Waals surface area contributed by atoms with Gasteiger partial charge in [-0.05, 0) is 25.9 Å². The van der Waals surface area contributed by atoms with Crippen LogP contribution in [-0.2, 0) is 14.0 Å². The minimum absolute atomic E-state index is 0.0714. The van der Waals surface area contributed by atoms with Crippen LogP contribution in [-0.4, -0.2) is 26.6 Å². The van der Waals surface area contributed by atoms with Crippen LogP contribution >= 0.6 is 0 Å². The van der Waals surface area contributed by atoms with Crippen LogP contribution in [0.4, 0.5) is 0 Å². The van der Waals surface area contributed by atoms with E-state index in [2.05, 4.69) is 20.0 Å². The molecule has 4 heteroatoms. The Labute approximate surface area is 100.0 Å². The molecule has 3 nitrogen and oxygen atoms in total. The first-order valence-corrected chi connectivity index (χ1v) is 8.70. The van der Waals surface area contributed by atoms with Gasteiger partial charge in [-0.15, -0.1) is 0 Å². The van der Waals surface area contributed by atoms with Gasteiger partial charge in [-0.2, -0.15) is 0 Å². The summed E-state index contributed by atoms with van der Waals surface area (Å²) in [5, 5.41) is 0. The Bertz CT molecular complexity index is 222. The van der Waals surface area contributed by atoms with E-state index in [-0.39, 0.29) is 11.7 Å². The molecule has 0 aliphatic heterocycles. The summed E-state index contributed by atoms with van der Waals surface area (Å²) >= 11 is 0. The lowest BCUT2D eigenvalue weighted by Gasteiger charge is -2.33. The smallest absolute Gasteiger partial charge is 0.330 e. The van der Waals surface area contributed by atoms with Crippen molar-refractivity contribution in [3.8, 4) is 0 Å². The minimum Gasteiger partial charge on any atom is -0.460 e. The number of carbonyl (C=O) groups excluding carboxylic acids is 1. The van der Waals surface area contributed by atoms with Gasteiger partial charge in [-0.1, -0.05) is 26.8 Å². The summed E-state index contributed by atoms with van der Waals surface area (Å²) in [7, 11) is -1.95. The van der Waals surface area contributed by atoms with Crippen molar-refractivity contribution in [2.75, 3.05) is 6.61 Å². The Kier molecular flexibility index (Phi) is 7.33. The molecule has 0 N–H and O–H groups in total. The molecule has 2 unspecified atom stereocenters. The largest absolute Gasteiger partial charge is 0.460 e. The zero-order valence-electron chi connectivity index (χ0n) is 10.9. The average Bonchev–Trinajstić information content (AvgIpc) is 2.25. The predicted octanol–water partition coefficient (Wildman–Crippen LogP) is 3.06. The third-order valence-corrected chi connectivity index (χ3v) is 7.03. The molecule has 0 aromatic heterocycles. The lowest BCUT2D eigenvalue weighted by Crippen LogP contribution is -2.49. The highest BCUT2D eigenvalue weighted by atomic mass is 28.4. The first kappa shape index (κ1) is 15.4. The van der Waals surface area contributed by atoms with Crippen LogP contribution < -0.4 is 0 Å². The van der Waals surface area contributed by atoms with Gasteiger partial charge >= 0.3 is 5.97 Å². The molecular weight excluding hydrogens is 220 g/mol. The number of carbonyl (C=O) groups is 1. The van der Waals surface area contributed by atoms with E-state index in [1.165, 1.54) is 6.08 Å². The van der Waals surface area contributed by atoms with Gasteiger partial charge in [0.15, 0.2) is 0 Å². The third-order valence-electron chi connectivity index (χ3n) is 2.70. The maximum absolute atomic E-state index is 11.3. The van der Waals surface area contributed by atoms with Crippen LogP contribution in [0.2, 0.25) is 12.6 Å². The van der Waals surface area contributed by atoms with E-state index < -0.39 is 8.32 Å². The van der Waals surface area contributed by atoms with Gasteiger partial charge in [-0.25, -0.2) is 4.79 Å². The lowest BCUT2D eigenvalue weighted by atomic mass is 10.5. The summed E-state index contributed by atoms with van der Waals surface area (Å²) in [5.41, 5.74) is -0.0714. The molecule has 0 aliphatic carbocycles. The summed E-state index contributed by atoms with van der Waals surface area (Å²) in [4.78, 5) is 11.3. The normalized spacial score (nSPS) is 16.2. The number of esters is 1. The van der Waals surface area contributed by atoms with Gasteiger partial charge in [0, 0.05) is 12.7 Å². The van der Waals surface area contributed by atoms with Crippen molar-refractivity contribution in [2.24, 2.45) is 0 Å². The average molecular weight is 244 g/mol. The van der Waals surface area contributed by atoms with Crippen LogP contribution in [0, 0.1) is 0 Å². The first-order chi connectivity index (χ1) is 7.53. The molecule has 0 bridgehead atoms. The quantitative estimate of drug-likeness (QED) is 0.374. The molecule has 2 atom stereocenters. The molecule has 0 amide bonds. The highest BCUT2D eigenvalue weighted by Crippen LogP contribution is 2.23. The van der Waals surface area contributed by atoms with Crippen LogP contribution in [0.25, 0.3) is 0 Å². The summed E-state index contributed by atoms with van der Waals surface area (Å²) in [6.45, 7) is 12.4. The summed E-state index contributed by atoms with van der Waals surface area (Å²) in [6, 6.07) is 1.02. The maximum atomic E-state index is 11.3. The fourth-order valence-electron chi connectivity index (χ4n) is 1.98. The zero-order valence-corrected chi connectivity index (χ0v) is 11.9. The standard InChI is InChI=1S/C12H24O3Si/c1-6-10-16(5,14-9-4)12(8-3)15-11(13)7-2/h7,12H,2,6,8-10H2,1,3-5H3. The van der Waals surface area contributed by atoms with Gasteiger partial charge in [0.05, 0.1) is 0 Å². The molecule has 0 aromatic carbocycles. The van der Waals surface area contributed by atoms with E-state index in [1.807, 2.05) is 13.8 Å². The molecule has 0 saturated carbocycles. The number of ether oxygens (including phenoxy) is 1. The first-order valence-electron chi connectivity index (χ1n) is 6.01. The van der Waals surface area contributed by atoms with Gasteiger partial charge in [-0.3, -0.25) is 0 Å². The highest BCUT2D eigenvalue weighted by Gasteiger charge is 2.39. The Morgan fingerprint density at radius 3 is 2.44 bits per heavy atom. The van der Waals surface area contributed by atoms with Gasteiger partial charge in [0.25, 0.3) is 0 Å². The zero-order chi connectivity index (χ0) is 12.6. The highest BCUT2D eigenvalue weighted by molar-refractivity contribution is 6.73. The molecule has 0 heterocycles. The molecule has 0 radical (unpaired) electrons. The molecular formula is C12H24O3Si. The number of hydrogen-bond donors (Lipinski definition) is 0. The lowest BCUT2D eigenvalue weighted by molar-refractivity contribution is -0.140. The van der Waals surface area contributed by atoms with Crippen LogP contribution in [0.3, 0.4) is 0 Å². The second kappa shape index (κ2) is 7.63. The van der Waals surface area contributed by atoms with Crippen molar-refractivity contribution in [3.63, 3.8) is 0 Å². The van der Waals surface area contributed by atoms with E-state index in [9.17, 15) is 4.79 Å². The Morgan fingerprint density at radius 1 is 1.44 bits per heavy atom. The minimum atomic E-state index is -1.95. The second-order valence-electron chi connectivity index (χ2n) is 4.03. The third kappa shape index (κ3) is 4.49. The summed E-state index contributed by atoms with van der Waals surface area (Å²) in [5.74, 6) is -0.346. The summed E-state index contributed by atoms with van der Waals surface area (Å²) < 4.78 is 11.3. The predicted molar refractivity (Wildman–Crippen MR) is 68.7 cm³/mol. The SMILES string of the molecule is C=CC(=O)OC(CC)[Si](C)(CCC)OCC. The van der Waals surface area contributed by atoms with Gasteiger partial charge in [0.1, 0.15) is 5.73 Å². The number of hydrogen-bond acceptors (Lipinski definition) is 3. The van der Waals surface area contributed by atoms with Crippen molar-refractivity contribution in [2.45, 2.75) is 51.9 Å². The van der Waals surface area contributed by atoms with Crippen molar-refractivity contribution < 1.29 is 14.0 Å². The second-order valence-corrected chi connectivity index (χ2v) is 8.09. The Balaban J connectivity index is 4.68. The van der Waals surface area contributed by atoms with Gasteiger partial charge < -0.3 is 9.16 Å². The Hall–Kier alpha value is -0.613. The van der Waals surface area contributed by atoms with E-state index in [0.717, 1.165) is 18.9 Å². The van der Waals surface area contributed by atoms with Crippen LogP contribution in [0.15, 0.2) is 12.7 Å². The van der Waals surface area contributed by atoms with Gasteiger partial charge in [0.2, 0.25) is 8.32 Å². The van der Waals surface area contributed by atoms with Crippen molar-refractivity contribution >= 4 is 14.3 Å². The van der Waals surface area contributed by atoms with Crippen LogP contribution in [0.1, 0.15) is 33.6 Å². The molecule has 0 spiro atoms. The van der Waals surface area contributed by atoms with Crippen LogP contribution in [0.5, 0.6) is 0 Å². The Morgan fingerprint density at radius 2 is 2.06 bits per heavy atom. The fourth-order valence-corrected chi connectivity index (χ4v) is 5.51. The molecule has 0 fully saturated rings. The van der Waals surface area contributed by atoms with E-state index >= 15 is 0 Å². The molecule has 0 aromatic rings. The van der Waals surface area contributed by atoms with E-state index in [1.54, 1.807) is 0 Å². The number of rotatable bonds is 8. The molecule has 0 rings (SSSR count). The van der Waals surface area contributed by atoms with Crippen molar-refractivity contribution in [1.82, 2.24) is 0 Å². The maximum Gasteiger partial charge on any atom is 0.330 e.